The van der Waals surface area contributed by atoms with Crippen LogP contribution in [0.15, 0.2) is 85.5 Å². The van der Waals surface area contributed by atoms with E-state index in [9.17, 15) is 9.59 Å². The topological polar surface area (TPSA) is 73.9 Å². The van der Waals surface area contributed by atoms with E-state index in [0.29, 0.717) is 31.8 Å². The van der Waals surface area contributed by atoms with Gasteiger partial charge in [-0.3, -0.25) is 14.9 Å². The molecule has 3 aromatic carbocycles. The standard InChI is InChI=1S/C27H25NO5S/c1-2-8-19-17-23(33-21-10-4-3-5-11-21)13-14-24(19)32-16-7-15-31-22-12-6-9-20(18-22)25-26(29)28-27(30)34-25/h2-6,9-14,17-18,25H,1,7-8,15-16H2,(H,28,29,30). The van der Waals surface area contributed by atoms with Gasteiger partial charge in [-0.15, -0.1) is 6.58 Å². The van der Waals surface area contributed by atoms with Gasteiger partial charge in [-0.1, -0.05) is 36.4 Å². The molecule has 1 N–H and O–H groups in total. The lowest BCUT2D eigenvalue weighted by Crippen LogP contribution is -2.20. The number of imide groups is 1. The molecule has 7 heteroatoms. The van der Waals surface area contributed by atoms with Crippen LogP contribution in [0.1, 0.15) is 22.8 Å². The highest BCUT2D eigenvalue weighted by atomic mass is 32.2. The average Bonchev–Trinajstić information content (AvgIpc) is 3.19. The minimum atomic E-state index is -0.531. The van der Waals surface area contributed by atoms with Gasteiger partial charge in [-0.25, -0.2) is 0 Å². The minimum absolute atomic E-state index is 0.295. The SMILES string of the molecule is C=CCc1cc(Oc2ccccc2)ccc1OCCCOc1cccc(C2SC(=O)NC2=O)c1. The molecule has 2 amide bonds. The van der Waals surface area contributed by atoms with Gasteiger partial charge in [0.1, 0.15) is 28.2 Å². The Morgan fingerprint density at radius 2 is 1.68 bits per heavy atom. The molecule has 0 aliphatic carbocycles. The van der Waals surface area contributed by atoms with Gasteiger partial charge in [0.2, 0.25) is 5.91 Å². The summed E-state index contributed by atoms with van der Waals surface area (Å²) in [5, 5.41) is 1.45. The van der Waals surface area contributed by atoms with E-state index in [-0.39, 0.29) is 11.1 Å². The molecular formula is C27H25NO5S. The van der Waals surface area contributed by atoms with Crippen molar-refractivity contribution in [3.05, 3.63) is 96.6 Å². The number of nitrogens with one attached hydrogen (secondary N) is 1. The molecule has 1 unspecified atom stereocenters. The van der Waals surface area contributed by atoms with Crippen LogP contribution >= 0.6 is 11.8 Å². The first kappa shape index (κ1) is 23.4. The maximum Gasteiger partial charge on any atom is 0.286 e. The van der Waals surface area contributed by atoms with Crippen molar-refractivity contribution < 1.29 is 23.8 Å². The Kier molecular flexibility index (Phi) is 7.88. The highest BCUT2D eigenvalue weighted by Crippen LogP contribution is 2.35. The molecule has 34 heavy (non-hydrogen) atoms. The predicted molar refractivity (Wildman–Crippen MR) is 133 cm³/mol. The molecule has 1 heterocycles. The van der Waals surface area contributed by atoms with Crippen LogP contribution in [0.5, 0.6) is 23.0 Å². The van der Waals surface area contributed by atoms with E-state index in [4.69, 9.17) is 14.2 Å². The maximum atomic E-state index is 11.9. The molecule has 1 aliphatic rings. The van der Waals surface area contributed by atoms with Gasteiger partial charge in [0.05, 0.1) is 13.2 Å². The summed E-state index contributed by atoms with van der Waals surface area (Å²) in [5.41, 5.74) is 1.74. The third kappa shape index (κ3) is 6.20. The molecular weight excluding hydrogens is 450 g/mol. The second-order valence-electron chi connectivity index (χ2n) is 7.58. The maximum absolute atomic E-state index is 11.9. The van der Waals surface area contributed by atoms with Gasteiger partial charge in [0.25, 0.3) is 5.24 Å². The van der Waals surface area contributed by atoms with Crippen molar-refractivity contribution in [2.75, 3.05) is 13.2 Å². The molecule has 0 saturated carbocycles. The first-order chi connectivity index (χ1) is 16.6. The van der Waals surface area contributed by atoms with Crippen molar-refractivity contribution in [3.8, 4) is 23.0 Å². The fourth-order valence-electron chi connectivity index (χ4n) is 3.47. The number of thioether (sulfide) groups is 1. The minimum Gasteiger partial charge on any atom is -0.493 e. The van der Waals surface area contributed by atoms with E-state index in [1.165, 1.54) is 0 Å². The number of amides is 2. The Bertz CT molecular complexity index is 1160. The first-order valence-corrected chi connectivity index (χ1v) is 11.8. The van der Waals surface area contributed by atoms with E-state index in [1.807, 2.05) is 72.8 Å². The summed E-state index contributed by atoms with van der Waals surface area (Å²) in [6.45, 7) is 4.78. The second kappa shape index (κ2) is 11.4. The zero-order chi connectivity index (χ0) is 23.8. The van der Waals surface area contributed by atoms with Gasteiger partial charge in [0, 0.05) is 12.0 Å². The highest BCUT2D eigenvalue weighted by molar-refractivity contribution is 8.15. The zero-order valence-corrected chi connectivity index (χ0v) is 19.4. The van der Waals surface area contributed by atoms with Crippen LogP contribution in [0.3, 0.4) is 0 Å². The average molecular weight is 476 g/mol. The molecule has 4 rings (SSSR count). The molecule has 1 fully saturated rings. The summed E-state index contributed by atoms with van der Waals surface area (Å²) < 4.78 is 17.7. The predicted octanol–water partition coefficient (Wildman–Crippen LogP) is 6.08. The van der Waals surface area contributed by atoms with Crippen molar-refractivity contribution in [1.29, 1.82) is 0 Å². The fourth-order valence-corrected chi connectivity index (χ4v) is 4.30. The van der Waals surface area contributed by atoms with Crippen molar-refractivity contribution in [2.24, 2.45) is 0 Å². The number of carbonyl (C=O) groups is 2. The molecule has 0 spiro atoms. The van der Waals surface area contributed by atoms with Crippen LogP contribution in [0.2, 0.25) is 0 Å². The zero-order valence-electron chi connectivity index (χ0n) is 18.6. The molecule has 0 bridgehead atoms. The third-order valence-electron chi connectivity index (χ3n) is 5.04. The molecule has 1 aliphatic heterocycles. The van der Waals surface area contributed by atoms with Gasteiger partial charge in [-0.05, 0) is 66.2 Å². The molecule has 1 atom stereocenters. The molecule has 174 valence electrons. The van der Waals surface area contributed by atoms with Crippen LogP contribution < -0.4 is 19.5 Å². The number of allylic oxidation sites excluding steroid dienone is 1. The Labute approximate surface area is 202 Å². The number of benzene rings is 3. The number of hydrogen-bond donors (Lipinski definition) is 1. The fraction of sp³-hybridized carbons (Fsp3) is 0.185. The van der Waals surface area contributed by atoms with Crippen molar-refractivity contribution in [1.82, 2.24) is 5.32 Å². The van der Waals surface area contributed by atoms with E-state index in [1.54, 1.807) is 6.07 Å². The molecule has 3 aromatic rings. The smallest absolute Gasteiger partial charge is 0.286 e. The first-order valence-electron chi connectivity index (χ1n) is 11.0. The quantitative estimate of drug-likeness (QED) is 0.268. The van der Waals surface area contributed by atoms with Gasteiger partial charge in [-0.2, -0.15) is 0 Å². The van der Waals surface area contributed by atoms with Gasteiger partial charge >= 0.3 is 0 Å². The molecule has 0 radical (unpaired) electrons. The molecule has 6 nitrogen and oxygen atoms in total. The largest absolute Gasteiger partial charge is 0.493 e. The van der Waals surface area contributed by atoms with E-state index in [0.717, 1.165) is 40.1 Å². The third-order valence-corrected chi connectivity index (χ3v) is 6.08. The lowest BCUT2D eigenvalue weighted by Gasteiger charge is -2.14. The van der Waals surface area contributed by atoms with Crippen LogP contribution in [-0.2, 0) is 11.2 Å². The molecule has 1 saturated heterocycles. The number of hydrogen-bond acceptors (Lipinski definition) is 6. The van der Waals surface area contributed by atoms with Crippen molar-refractivity contribution in [3.63, 3.8) is 0 Å². The summed E-state index contributed by atoms with van der Waals surface area (Å²) in [7, 11) is 0. The van der Waals surface area contributed by atoms with Crippen molar-refractivity contribution >= 4 is 22.9 Å². The van der Waals surface area contributed by atoms with Crippen LogP contribution in [0, 0.1) is 0 Å². The Morgan fingerprint density at radius 3 is 2.44 bits per heavy atom. The van der Waals surface area contributed by atoms with Gasteiger partial charge < -0.3 is 14.2 Å². The van der Waals surface area contributed by atoms with Gasteiger partial charge in [0.15, 0.2) is 0 Å². The Morgan fingerprint density at radius 1 is 0.882 bits per heavy atom. The van der Waals surface area contributed by atoms with E-state index in [2.05, 4.69) is 11.9 Å². The summed E-state index contributed by atoms with van der Waals surface area (Å²) in [5.74, 6) is 2.67. The normalized spacial score (nSPS) is 15.0. The summed E-state index contributed by atoms with van der Waals surface area (Å²) in [6.07, 6.45) is 3.18. The molecule has 0 aromatic heterocycles. The van der Waals surface area contributed by atoms with E-state index < -0.39 is 5.25 Å². The van der Waals surface area contributed by atoms with Crippen LogP contribution in [0.25, 0.3) is 0 Å². The second-order valence-corrected chi connectivity index (χ2v) is 8.65. The highest BCUT2D eigenvalue weighted by Gasteiger charge is 2.32. The van der Waals surface area contributed by atoms with Crippen LogP contribution in [-0.4, -0.2) is 24.4 Å². The van der Waals surface area contributed by atoms with Crippen molar-refractivity contribution in [2.45, 2.75) is 18.1 Å². The Hall–Kier alpha value is -3.71. The number of ether oxygens (including phenoxy) is 3. The lowest BCUT2D eigenvalue weighted by molar-refractivity contribution is -0.119. The lowest BCUT2D eigenvalue weighted by atomic mass is 10.1. The Balaban J connectivity index is 1.28. The number of para-hydroxylation sites is 1. The summed E-state index contributed by atoms with van der Waals surface area (Å²) in [4.78, 5) is 23.3. The summed E-state index contributed by atoms with van der Waals surface area (Å²) >= 11 is 0.980. The van der Waals surface area contributed by atoms with E-state index >= 15 is 0 Å². The number of rotatable bonds is 11. The number of carbonyl (C=O) groups excluding carboxylic acids is 2. The monoisotopic (exact) mass is 475 g/mol. The summed E-state index contributed by atoms with van der Waals surface area (Å²) in [6, 6.07) is 22.7. The van der Waals surface area contributed by atoms with Crippen LogP contribution in [0.4, 0.5) is 4.79 Å².